The lowest BCUT2D eigenvalue weighted by molar-refractivity contribution is -0.127. The normalized spacial score (nSPS) is 11.3. The summed E-state index contributed by atoms with van der Waals surface area (Å²) in [4.78, 5) is 23.1. The minimum Gasteiger partial charge on any atom is -0.356 e. The standard InChI is InChI=1S/C18H24ClN5OS/c1-24(2)17(25)13-23-18(21-10-8-15-4-3-11-26-15)20-9-7-14-5-6-16(19)22-12-14/h3-6,11-12H,7-10,13H2,1-2H3,(H2,20,21,23). The Kier molecular flexibility index (Phi) is 8.37. The zero-order valence-electron chi connectivity index (χ0n) is 15.0. The molecule has 6 nitrogen and oxygen atoms in total. The van der Waals surface area contributed by atoms with Gasteiger partial charge in [0.1, 0.15) is 11.7 Å². The minimum atomic E-state index is -0.0359. The van der Waals surface area contributed by atoms with Gasteiger partial charge in [0.25, 0.3) is 0 Å². The summed E-state index contributed by atoms with van der Waals surface area (Å²) >= 11 is 7.54. The van der Waals surface area contributed by atoms with Crippen molar-refractivity contribution in [1.29, 1.82) is 0 Å². The van der Waals surface area contributed by atoms with E-state index < -0.39 is 0 Å². The summed E-state index contributed by atoms with van der Waals surface area (Å²) in [6.45, 7) is 1.55. The largest absolute Gasteiger partial charge is 0.356 e. The molecule has 0 bridgehead atoms. The van der Waals surface area contributed by atoms with Gasteiger partial charge in [-0.1, -0.05) is 23.7 Å². The third-order valence-corrected chi connectivity index (χ3v) is 4.77. The second kappa shape index (κ2) is 10.8. The van der Waals surface area contributed by atoms with Crippen LogP contribution in [0.25, 0.3) is 0 Å². The molecule has 2 aromatic rings. The summed E-state index contributed by atoms with van der Waals surface area (Å²) in [5, 5.41) is 9.11. The van der Waals surface area contributed by atoms with Crippen molar-refractivity contribution in [1.82, 2.24) is 20.5 Å². The Labute approximate surface area is 163 Å². The Balaban J connectivity index is 1.85. The molecule has 0 aliphatic carbocycles. The van der Waals surface area contributed by atoms with E-state index in [2.05, 4.69) is 32.1 Å². The molecule has 140 valence electrons. The number of halogens is 1. The number of nitrogens with zero attached hydrogens (tertiary/aromatic N) is 3. The molecule has 0 atom stereocenters. The van der Waals surface area contributed by atoms with E-state index in [1.807, 2.05) is 12.1 Å². The van der Waals surface area contributed by atoms with Crippen LogP contribution in [0.1, 0.15) is 10.4 Å². The van der Waals surface area contributed by atoms with Crippen LogP contribution < -0.4 is 10.6 Å². The molecule has 0 spiro atoms. The number of aliphatic imine (C=N–C) groups is 1. The van der Waals surface area contributed by atoms with Crippen LogP contribution in [0.4, 0.5) is 0 Å². The first kappa shape index (κ1) is 20.2. The van der Waals surface area contributed by atoms with E-state index in [0.717, 1.165) is 24.9 Å². The first-order valence-electron chi connectivity index (χ1n) is 8.40. The van der Waals surface area contributed by atoms with E-state index >= 15 is 0 Å². The minimum absolute atomic E-state index is 0.0359. The summed E-state index contributed by atoms with van der Waals surface area (Å²) in [6.07, 6.45) is 3.47. The smallest absolute Gasteiger partial charge is 0.243 e. The van der Waals surface area contributed by atoms with Crippen molar-refractivity contribution in [2.24, 2.45) is 4.99 Å². The van der Waals surface area contributed by atoms with Gasteiger partial charge in [0.15, 0.2) is 5.96 Å². The molecule has 0 fully saturated rings. The number of carbonyl (C=O) groups is 1. The highest BCUT2D eigenvalue weighted by atomic mass is 35.5. The number of amides is 1. The monoisotopic (exact) mass is 393 g/mol. The van der Waals surface area contributed by atoms with Gasteiger partial charge < -0.3 is 15.5 Å². The molecule has 2 N–H and O–H groups in total. The van der Waals surface area contributed by atoms with E-state index in [0.29, 0.717) is 17.7 Å². The van der Waals surface area contributed by atoms with E-state index in [-0.39, 0.29) is 12.5 Å². The lowest BCUT2D eigenvalue weighted by Gasteiger charge is -2.13. The van der Waals surface area contributed by atoms with Gasteiger partial charge in [-0.05, 0) is 35.9 Å². The van der Waals surface area contributed by atoms with Crippen LogP contribution in [0.5, 0.6) is 0 Å². The van der Waals surface area contributed by atoms with Gasteiger partial charge in [-0.2, -0.15) is 0 Å². The van der Waals surface area contributed by atoms with Crippen LogP contribution in [-0.2, 0) is 17.6 Å². The highest BCUT2D eigenvalue weighted by molar-refractivity contribution is 7.09. The molecular formula is C18H24ClN5OS. The highest BCUT2D eigenvalue weighted by Crippen LogP contribution is 2.08. The van der Waals surface area contributed by atoms with E-state index in [1.165, 1.54) is 9.78 Å². The van der Waals surface area contributed by atoms with Crippen LogP contribution in [0.2, 0.25) is 5.15 Å². The molecule has 2 rings (SSSR count). The Morgan fingerprint density at radius 2 is 2.00 bits per heavy atom. The van der Waals surface area contributed by atoms with Crippen molar-refractivity contribution in [2.75, 3.05) is 33.7 Å². The van der Waals surface area contributed by atoms with Crippen LogP contribution in [0.15, 0.2) is 40.8 Å². The molecule has 0 unspecified atom stereocenters. The SMILES string of the molecule is CN(C)C(=O)CN=C(NCCc1ccc(Cl)nc1)NCCc1cccs1. The van der Waals surface area contributed by atoms with Crippen molar-refractivity contribution < 1.29 is 4.79 Å². The predicted molar refractivity (Wildman–Crippen MR) is 108 cm³/mol. The molecule has 8 heteroatoms. The Morgan fingerprint density at radius 1 is 1.23 bits per heavy atom. The van der Waals surface area contributed by atoms with Crippen molar-refractivity contribution >= 4 is 34.8 Å². The molecule has 0 aliphatic rings. The maximum Gasteiger partial charge on any atom is 0.243 e. The second-order valence-electron chi connectivity index (χ2n) is 5.88. The summed E-state index contributed by atoms with van der Waals surface area (Å²) < 4.78 is 0. The van der Waals surface area contributed by atoms with Gasteiger partial charge in [0.2, 0.25) is 5.91 Å². The van der Waals surface area contributed by atoms with Crippen molar-refractivity contribution in [2.45, 2.75) is 12.8 Å². The lowest BCUT2D eigenvalue weighted by atomic mass is 10.2. The first-order valence-corrected chi connectivity index (χ1v) is 9.65. The molecule has 0 aromatic carbocycles. The lowest BCUT2D eigenvalue weighted by Crippen LogP contribution is -2.40. The number of aromatic nitrogens is 1. The number of thiophene rings is 1. The van der Waals surface area contributed by atoms with Crippen molar-refractivity contribution in [3.63, 3.8) is 0 Å². The molecule has 1 amide bonds. The molecular weight excluding hydrogens is 370 g/mol. The highest BCUT2D eigenvalue weighted by Gasteiger charge is 2.05. The molecule has 0 aliphatic heterocycles. The molecule has 2 heterocycles. The zero-order chi connectivity index (χ0) is 18.8. The molecule has 0 saturated heterocycles. The number of likely N-dealkylation sites (N-methyl/N-ethyl adjacent to an activating group) is 1. The van der Waals surface area contributed by atoms with E-state index in [4.69, 9.17) is 11.6 Å². The topological polar surface area (TPSA) is 69.6 Å². The number of hydrogen-bond acceptors (Lipinski definition) is 4. The maximum atomic E-state index is 11.8. The van der Waals surface area contributed by atoms with E-state index in [9.17, 15) is 4.79 Å². The third-order valence-electron chi connectivity index (χ3n) is 3.61. The van der Waals surface area contributed by atoms with Crippen LogP contribution in [0.3, 0.4) is 0 Å². The first-order chi connectivity index (χ1) is 12.5. The fourth-order valence-corrected chi connectivity index (χ4v) is 2.92. The molecule has 0 saturated carbocycles. The second-order valence-corrected chi connectivity index (χ2v) is 7.29. The number of rotatable bonds is 8. The number of hydrogen-bond donors (Lipinski definition) is 2. The Morgan fingerprint density at radius 3 is 2.62 bits per heavy atom. The summed E-state index contributed by atoms with van der Waals surface area (Å²) in [5.74, 6) is 0.602. The van der Waals surface area contributed by atoms with Gasteiger partial charge in [0, 0.05) is 38.3 Å². The third kappa shape index (κ3) is 7.41. The fraction of sp³-hybridized carbons (Fsp3) is 0.389. The quantitative estimate of drug-likeness (QED) is 0.410. The zero-order valence-corrected chi connectivity index (χ0v) is 16.6. The average molecular weight is 394 g/mol. The van der Waals surface area contributed by atoms with Gasteiger partial charge in [0.05, 0.1) is 0 Å². The van der Waals surface area contributed by atoms with Crippen molar-refractivity contribution in [3.8, 4) is 0 Å². The van der Waals surface area contributed by atoms with Gasteiger partial charge in [-0.3, -0.25) is 4.79 Å². The van der Waals surface area contributed by atoms with Gasteiger partial charge >= 0.3 is 0 Å². The average Bonchev–Trinajstić information content (AvgIpc) is 3.14. The predicted octanol–water partition coefficient (Wildman–Crippen LogP) is 2.21. The fourth-order valence-electron chi connectivity index (χ4n) is 2.10. The number of guanidine groups is 1. The van der Waals surface area contributed by atoms with Crippen LogP contribution in [-0.4, -0.2) is 55.5 Å². The van der Waals surface area contributed by atoms with Crippen LogP contribution >= 0.6 is 22.9 Å². The van der Waals surface area contributed by atoms with Crippen LogP contribution in [0, 0.1) is 0 Å². The van der Waals surface area contributed by atoms with Gasteiger partial charge in [-0.15, -0.1) is 11.3 Å². The summed E-state index contributed by atoms with van der Waals surface area (Å²) in [6, 6.07) is 7.89. The van der Waals surface area contributed by atoms with E-state index in [1.54, 1.807) is 37.7 Å². The van der Waals surface area contributed by atoms with Crippen molar-refractivity contribution in [3.05, 3.63) is 51.4 Å². The number of pyridine rings is 1. The molecule has 26 heavy (non-hydrogen) atoms. The number of carbonyl (C=O) groups excluding carboxylic acids is 1. The summed E-state index contributed by atoms with van der Waals surface area (Å²) in [7, 11) is 3.45. The van der Waals surface area contributed by atoms with Gasteiger partial charge in [-0.25, -0.2) is 9.98 Å². The maximum absolute atomic E-state index is 11.8. The Hall–Kier alpha value is -2.12. The Bertz CT molecular complexity index is 701. The number of nitrogens with one attached hydrogen (secondary N) is 2. The summed E-state index contributed by atoms with van der Waals surface area (Å²) in [5.41, 5.74) is 1.09. The molecule has 2 aromatic heterocycles. The molecule has 0 radical (unpaired) electrons.